The highest BCUT2D eigenvalue weighted by atomic mass is 16.5. The third-order valence-electron chi connectivity index (χ3n) is 5.93. The van der Waals surface area contributed by atoms with Gasteiger partial charge >= 0.3 is 12.1 Å². The topological polar surface area (TPSA) is 114 Å². The van der Waals surface area contributed by atoms with Gasteiger partial charge in [0.25, 0.3) is 0 Å². The molecule has 0 aromatic heterocycles. The number of rotatable bonds is 8. The van der Waals surface area contributed by atoms with Crippen molar-refractivity contribution in [1.82, 2.24) is 5.32 Å². The van der Waals surface area contributed by atoms with Gasteiger partial charge < -0.3 is 25.2 Å². The summed E-state index contributed by atoms with van der Waals surface area (Å²) in [4.78, 5) is 36.4. The molecule has 0 aliphatic heterocycles. The molecule has 0 spiro atoms. The van der Waals surface area contributed by atoms with Crippen molar-refractivity contribution in [3.8, 4) is 16.9 Å². The first-order chi connectivity index (χ1) is 16.9. The number of carboxylic acids is 1. The largest absolute Gasteiger partial charge is 0.497 e. The Morgan fingerprint density at radius 3 is 2.20 bits per heavy atom. The highest BCUT2D eigenvalue weighted by molar-refractivity contribution is 6.01. The van der Waals surface area contributed by atoms with E-state index in [1.165, 1.54) is 25.3 Å². The Bertz CT molecular complexity index is 1230. The van der Waals surface area contributed by atoms with Crippen LogP contribution in [-0.2, 0) is 9.53 Å². The van der Waals surface area contributed by atoms with E-state index in [4.69, 9.17) is 9.47 Å². The SMILES string of the molecule is COc1ccc(C(=O)O)c(NC(=O)C[C@H](C)NC(=O)OCC2c3ccccc3-c3ccccc32)c1. The van der Waals surface area contributed by atoms with Crippen LogP contribution in [0.15, 0.2) is 66.7 Å². The zero-order chi connectivity index (χ0) is 24.9. The van der Waals surface area contributed by atoms with Gasteiger partial charge in [0.2, 0.25) is 5.91 Å². The lowest BCUT2D eigenvalue weighted by atomic mass is 9.98. The zero-order valence-electron chi connectivity index (χ0n) is 19.4. The summed E-state index contributed by atoms with van der Waals surface area (Å²) in [6, 6.07) is 19.9. The Morgan fingerprint density at radius 2 is 1.60 bits per heavy atom. The lowest BCUT2D eigenvalue weighted by Gasteiger charge is -2.17. The van der Waals surface area contributed by atoms with Gasteiger partial charge in [-0.2, -0.15) is 0 Å². The first-order valence-corrected chi connectivity index (χ1v) is 11.2. The van der Waals surface area contributed by atoms with Crippen molar-refractivity contribution >= 4 is 23.7 Å². The number of ether oxygens (including phenoxy) is 2. The van der Waals surface area contributed by atoms with E-state index in [-0.39, 0.29) is 30.2 Å². The third kappa shape index (κ3) is 5.27. The third-order valence-corrected chi connectivity index (χ3v) is 5.93. The van der Waals surface area contributed by atoms with Crippen molar-refractivity contribution in [2.45, 2.75) is 25.3 Å². The van der Waals surface area contributed by atoms with E-state index in [2.05, 4.69) is 22.8 Å². The fourth-order valence-electron chi connectivity index (χ4n) is 4.31. The number of carboxylic acid groups (broad SMARTS) is 1. The molecule has 1 aliphatic rings. The molecule has 1 aliphatic carbocycles. The Labute approximate surface area is 202 Å². The first-order valence-electron chi connectivity index (χ1n) is 11.2. The number of amides is 2. The molecule has 0 radical (unpaired) electrons. The standard InChI is InChI=1S/C27H26N2O6/c1-16(13-25(30)29-24-14-17(34-2)11-12-22(24)26(31)32)28-27(33)35-15-23-20-9-5-3-7-18(20)19-8-4-6-10-21(19)23/h3-12,14,16,23H,13,15H2,1-2H3,(H,28,33)(H,29,30)(H,31,32)/t16-/m0/s1. The summed E-state index contributed by atoms with van der Waals surface area (Å²) in [5, 5.41) is 14.6. The quantitative estimate of drug-likeness (QED) is 0.438. The fraction of sp³-hybridized carbons (Fsp3) is 0.222. The van der Waals surface area contributed by atoms with Crippen LogP contribution in [0.5, 0.6) is 5.75 Å². The van der Waals surface area contributed by atoms with Crippen LogP contribution >= 0.6 is 0 Å². The molecule has 8 nitrogen and oxygen atoms in total. The van der Waals surface area contributed by atoms with Crippen molar-refractivity contribution in [2.75, 3.05) is 19.0 Å². The van der Waals surface area contributed by atoms with Crippen molar-refractivity contribution < 1.29 is 29.0 Å². The number of hydrogen-bond donors (Lipinski definition) is 3. The number of hydrogen-bond acceptors (Lipinski definition) is 5. The predicted octanol–water partition coefficient (Wildman–Crippen LogP) is 4.65. The lowest BCUT2D eigenvalue weighted by molar-refractivity contribution is -0.116. The molecule has 8 heteroatoms. The second-order valence-electron chi connectivity index (χ2n) is 8.34. The molecule has 0 saturated carbocycles. The van der Waals surface area contributed by atoms with Crippen LogP contribution in [0.3, 0.4) is 0 Å². The number of carbonyl (C=O) groups is 3. The van der Waals surface area contributed by atoms with Gasteiger partial charge in [0.05, 0.1) is 18.4 Å². The van der Waals surface area contributed by atoms with Gasteiger partial charge in [-0.1, -0.05) is 48.5 Å². The number of methoxy groups -OCH3 is 1. The van der Waals surface area contributed by atoms with E-state index in [1.54, 1.807) is 6.92 Å². The van der Waals surface area contributed by atoms with Gasteiger partial charge in [0.15, 0.2) is 0 Å². The van der Waals surface area contributed by atoms with E-state index >= 15 is 0 Å². The Kier molecular flexibility index (Phi) is 7.01. The minimum atomic E-state index is -1.17. The molecule has 3 aromatic rings. The molecule has 0 bridgehead atoms. The van der Waals surface area contributed by atoms with Crippen LogP contribution < -0.4 is 15.4 Å². The zero-order valence-corrected chi connectivity index (χ0v) is 19.4. The average molecular weight is 475 g/mol. The second kappa shape index (κ2) is 10.3. The molecule has 0 fully saturated rings. The van der Waals surface area contributed by atoms with E-state index in [1.807, 2.05) is 36.4 Å². The maximum atomic E-state index is 12.5. The van der Waals surface area contributed by atoms with E-state index in [9.17, 15) is 19.5 Å². The lowest BCUT2D eigenvalue weighted by Crippen LogP contribution is -2.36. The van der Waals surface area contributed by atoms with Gasteiger partial charge in [0.1, 0.15) is 12.4 Å². The molecule has 3 aromatic carbocycles. The van der Waals surface area contributed by atoms with Crippen molar-refractivity contribution in [2.24, 2.45) is 0 Å². The minimum absolute atomic E-state index is 0.0590. The summed E-state index contributed by atoms with van der Waals surface area (Å²) in [6.45, 7) is 1.84. The summed E-state index contributed by atoms with van der Waals surface area (Å²) in [6.07, 6.45) is -0.694. The first kappa shape index (κ1) is 23.8. The molecule has 4 rings (SSSR count). The number of alkyl carbamates (subject to hydrolysis) is 1. The van der Waals surface area contributed by atoms with Crippen molar-refractivity contribution in [1.29, 1.82) is 0 Å². The maximum Gasteiger partial charge on any atom is 0.407 e. The van der Waals surface area contributed by atoms with Gasteiger partial charge in [-0.15, -0.1) is 0 Å². The molecule has 0 saturated heterocycles. The smallest absolute Gasteiger partial charge is 0.407 e. The molecular weight excluding hydrogens is 448 g/mol. The number of carbonyl (C=O) groups excluding carboxylic acids is 2. The van der Waals surface area contributed by atoms with Crippen LogP contribution in [0.4, 0.5) is 10.5 Å². The fourth-order valence-corrected chi connectivity index (χ4v) is 4.31. The molecular formula is C27H26N2O6. The number of anilines is 1. The summed E-state index contributed by atoms with van der Waals surface area (Å²) in [7, 11) is 1.45. The molecule has 3 N–H and O–H groups in total. The van der Waals surface area contributed by atoms with Gasteiger partial charge in [-0.05, 0) is 41.3 Å². The van der Waals surface area contributed by atoms with Crippen LogP contribution in [0.2, 0.25) is 0 Å². The minimum Gasteiger partial charge on any atom is -0.497 e. The van der Waals surface area contributed by atoms with Gasteiger partial charge in [-0.25, -0.2) is 9.59 Å². The van der Waals surface area contributed by atoms with E-state index < -0.39 is 24.0 Å². The summed E-state index contributed by atoms with van der Waals surface area (Å²) >= 11 is 0. The molecule has 1 atom stereocenters. The number of benzene rings is 3. The molecule has 35 heavy (non-hydrogen) atoms. The van der Waals surface area contributed by atoms with Crippen LogP contribution in [0.25, 0.3) is 11.1 Å². The predicted molar refractivity (Wildman–Crippen MR) is 131 cm³/mol. The van der Waals surface area contributed by atoms with Crippen molar-refractivity contribution in [3.05, 3.63) is 83.4 Å². The van der Waals surface area contributed by atoms with E-state index in [0.717, 1.165) is 22.3 Å². The average Bonchev–Trinajstić information content (AvgIpc) is 3.16. The Hall–Kier alpha value is -4.33. The van der Waals surface area contributed by atoms with Crippen LogP contribution in [0.1, 0.15) is 40.7 Å². The summed E-state index contributed by atoms with van der Waals surface area (Å²) < 4.78 is 10.6. The maximum absolute atomic E-state index is 12.5. The summed E-state index contributed by atoms with van der Waals surface area (Å²) in [5.74, 6) is -1.27. The highest BCUT2D eigenvalue weighted by Crippen LogP contribution is 2.44. The second-order valence-corrected chi connectivity index (χ2v) is 8.34. The van der Waals surface area contributed by atoms with Crippen LogP contribution in [0, 0.1) is 0 Å². The molecule has 0 unspecified atom stereocenters. The highest BCUT2D eigenvalue weighted by Gasteiger charge is 2.29. The van der Waals surface area contributed by atoms with Gasteiger partial charge in [0, 0.05) is 24.4 Å². The molecule has 180 valence electrons. The van der Waals surface area contributed by atoms with E-state index in [0.29, 0.717) is 5.75 Å². The number of fused-ring (bicyclic) bond motifs is 3. The van der Waals surface area contributed by atoms with Gasteiger partial charge in [-0.3, -0.25) is 4.79 Å². The number of aromatic carboxylic acids is 1. The summed E-state index contributed by atoms with van der Waals surface area (Å²) in [5.41, 5.74) is 4.57. The molecule has 0 heterocycles. The normalized spacial score (nSPS) is 12.7. The molecule has 2 amide bonds. The monoisotopic (exact) mass is 474 g/mol. The Balaban J connectivity index is 1.33. The van der Waals surface area contributed by atoms with Crippen molar-refractivity contribution in [3.63, 3.8) is 0 Å². The number of nitrogens with one attached hydrogen (secondary N) is 2. The van der Waals surface area contributed by atoms with Crippen LogP contribution in [-0.4, -0.2) is 42.8 Å². The Morgan fingerprint density at radius 1 is 0.971 bits per heavy atom.